The highest BCUT2D eigenvalue weighted by Crippen LogP contribution is 2.19. The number of hydrogen-bond donors (Lipinski definition) is 0. The van der Waals surface area contributed by atoms with Crippen LogP contribution < -0.4 is 0 Å². The zero-order chi connectivity index (χ0) is 16.7. The van der Waals surface area contributed by atoms with E-state index < -0.39 is 0 Å². The van der Waals surface area contributed by atoms with E-state index in [0.717, 1.165) is 44.1 Å². The predicted molar refractivity (Wildman–Crippen MR) is 96.2 cm³/mol. The number of piperidine rings is 1. The molecule has 0 N–H and O–H groups in total. The summed E-state index contributed by atoms with van der Waals surface area (Å²) in [6, 6.07) is 7.15. The van der Waals surface area contributed by atoms with E-state index in [9.17, 15) is 4.39 Å². The van der Waals surface area contributed by atoms with Crippen LogP contribution in [0.2, 0.25) is 0 Å². The second kappa shape index (κ2) is 9.19. The first-order valence-electron chi connectivity index (χ1n) is 8.84. The van der Waals surface area contributed by atoms with Crippen LogP contribution in [0.1, 0.15) is 32.3 Å². The van der Waals surface area contributed by atoms with E-state index in [1.54, 1.807) is 12.1 Å². The number of benzene rings is 1. The van der Waals surface area contributed by atoms with E-state index in [-0.39, 0.29) is 5.82 Å². The van der Waals surface area contributed by atoms with Crippen molar-refractivity contribution in [3.8, 4) is 0 Å². The lowest BCUT2D eigenvalue weighted by molar-refractivity contribution is 0.158. The Labute approximate surface area is 141 Å². The normalized spacial score (nSPS) is 17.9. The van der Waals surface area contributed by atoms with E-state index in [1.165, 1.54) is 25.0 Å². The highest BCUT2D eigenvalue weighted by atomic mass is 19.1. The first kappa shape index (κ1) is 18.2. The van der Waals surface area contributed by atoms with Crippen molar-refractivity contribution in [2.24, 2.45) is 5.92 Å². The lowest BCUT2D eigenvalue weighted by Gasteiger charge is -2.34. The minimum absolute atomic E-state index is 0.0663. The number of nitrogens with zero attached hydrogens (tertiary/aromatic N) is 2. The highest BCUT2D eigenvalue weighted by Gasteiger charge is 2.20. The third kappa shape index (κ3) is 6.08. The quantitative estimate of drug-likeness (QED) is 0.702. The zero-order valence-corrected chi connectivity index (χ0v) is 14.9. The topological polar surface area (TPSA) is 6.48 Å². The second-order valence-electron chi connectivity index (χ2n) is 6.96. The van der Waals surface area contributed by atoms with Gasteiger partial charge >= 0.3 is 0 Å². The first-order chi connectivity index (χ1) is 11.1. The van der Waals surface area contributed by atoms with Gasteiger partial charge in [0, 0.05) is 19.6 Å². The molecule has 2 rings (SSSR count). The SMILES string of the molecule is CC=C(C)CN(C)CC1CCN(CCc2ccccc2F)CC1. The van der Waals surface area contributed by atoms with Crippen LogP contribution in [0, 0.1) is 11.7 Å². The van der Waals surface area contributed by atoms with Gasteiger partial charge in [0.1, 0.15) is 5.82 Å². The van der Waals surface area contributed by atoms with Crippen LogP contribution in [0.3, 0.4) is 0 Å². The second-order valence-corrected chi connectivity index (χ2v) is 6.96. The molecule has 1 aromatic carbocycles. The molecule has 0 amide bonds. The summed E-state index contributed by atoms with van der Waals surface area (Å²) in [6.07, 6.45) is 5.53. The van der Waals surface area contributed by atoms with E-state index in [4.69, 9.17) is 0 Å². The molecule has 0 atom stereocenters. The highest BCUT2D eigenvalue weighted by molar-refractivity contribution is 5.17. The van der Waals surface area contributed by atoms with Gasteiger partial charge in [-0.3, -0.25) is 0 Å². The zero-order valence-electron chi connectivity index (χ0n) is 14.9. The van der Waals surface area contributed by atoms with Gasteiger partial charge in [-0.15, -0.1) is 0 Å². The number of allylic oxidation sites excluding steroid dienone is 1. The Morgan fingerprint density at radius 3 is 2.65 bits per heavy atom. The molecule has 128 valence electrons. The Kier molecular flexibility index (Phi) is 7.25. The van der Waals surface area contributed by atoms with Crippen LogP contribution in [0.15, 0.2) is 35.9 Å². The number of rotatable bonds is 7. The molecule has 2 nitrogen and oxygen atoms in total. The van der Waals surface area contributed by atoms with Crippen LogP contribution >= 0.6 is 0 Å². The maximum Gasteiger partial charge on any atom is 0.126 e. The van der Waals surface area contributed by atoms with Crippen molar-refractivity contribution in [3.05, 3.63) is 47.3 Å². The van der Waals surface area contributed by atoms with Gasteiger partial charge in [0.25, 0.3) is 0 Å². The molecule has 1 aromatic rings. The molecule has 3 heteroatoms. The van der Waals surface area contributed by atoms with Crippen molar-refractivity contribution in [1.82, 2.24) is 9.80 Å². The Bertz CT molecular complexity index is 504. The molecule has 0 unspecified atom stereocenters. The molecule has 1 heterocycles. The summed E-state index contributed by atoms with van der Waals surface area (Å²) in [6.45, 7) is 9.83. The Morgan fingerprint density at radius 2 is 2.00 bits per heavy atom. The molecular formula is C20H31FN2. The molecule has 1 saturated heterocycles. The lowest BCUT2D eigenvalue weighted by atomic mass is 9.96. The minimum atomic E-state index is -0.0663. The van der Waals surface area contributed by atoms with Gasteiger partial charge in [-0.25, -0.2) is 4.39 Å². The van der Waals surface area contributed by atoms with Gasteiger partial charge < -0.3 is 9.80 Å². The molecule has 0 aromatic heterocycles. The molecule has 1 aliphatic rings. The third-order valence-electron chi connectivity index (χ3n) is 4.94. The predicted octanol–water partition coefficient (Wildman–Crippen LogP) is 3.98. The van der Waals surface area contributed by atoms with Crippen molar-refractivity contribution >= 4 is 0 Å². The van der Waals surface area contributed by atoms with Crippen LogP contribution in [0.5, 0.6) is 0 Å². The summed E-state index contributed by atoms with van der Waals surface area (Å²) < 4.78 is 13.7. The van der Waals surface area contributed by atoms with Crippen molar-refractivity contribution in [3.63, 3.8) is 0 Å². The van der Waals surface area contributed by atoms with Gasteiger partial charge in [-0.2, -0.15) is 0 Å². The minimum Gasteiger partial charge on any atom is -0.303 e. The number of hydrogen-bond acceptors (Lipinski definition) is 2. The fourth-order valence-corrected chi connectivity index (χ4v) is 3.39. The van der Waals surface area contributed by atoms with Crippen molar-refractivity contribution in [2.45, 2.75) is 33.1 Å². The molecule has 0 spiro atoms. The van der Waals surface area contributed by atoms with Gasteiger partial charge in [-0.1, -0.05) is 29.8 Å². The number of likely N-dealkylation sites (N-methyl/N-ethyl adjacent to an activating group) is 1. The molecule has 0 radical (unpaired) electrons. The van der Waals surface area contributed by atoms with Gasteiger partial charge in [-0.05, 0) is 70.8 Å². The molecule has 0 saturated carbocycles. The van der Waals surface area contributed by atoms with Gasteiger partial charge in [0.15, 0.2) is 0 Å². The van der Waals surface area contributed by atoms with E-state index in [1.807, 2.05) is 12.1 Å². The van der Waals surface area contributed by atoms with Crippen LogP contribution in [-0.4, -0.2) is 49.6 Å². The van der Waals surface area contributed by atoms with Gasteiger partial charge in [0.2, 0.25) is 0 Å². The van der Waals surface area contributed by atoms with Crippen LogP contribution in [0.4, 0.5) is 4.39 Å². The van der Waals surface area contributed by atoms with Crippen molar-refractivity contribution in [2.75, 3.05) is 39.8 Å². The standard InChI is InChI=1S/C20H31FN2/c1-4-17(2)15-22(3)16-18-9-12-23(13-10-18)14-11-19-7-5-6-8-20(19)21/h4-8,18H,9-16H2,1-3H3. The summed E-state index contributed by atoms with van der Waals surface area (Å²) in [5.74, 6) is 0.734. The van der Waals surface area contributed by atoms with E-state index in [0.29, 0.717) is 0 Å². The Morgan fingerprint density at radius 1 is 1.30 bits per heavy atom. The molecule has 1 aliphatic heterocycles. The van der Waals surface area contributed by atoms with E-state index >= 15 is 0 Å². The maximum atomic E-state index is 13.7. The number of likely N-dealkylation sites (tertiary alicyclic amines) is 1. The summed E-state index contributed by atoms with van der Waals surface area (Å²) in [5.41, 5.74) is 2.28. The summed E-state index contributed by atoms with van der Waals surface area (Å²) in [7, 11) is 2.22. The Balaban J connectivity index is 1.69. The fourth-order valence-electron chi connectivity index (χ4n) is 3.39. The third-order valence-corrected chi connectivity index (χ3v) is 4.94. The molecule has 1 fully saturated rings. The average molecular weight is 318 g/mol. The summed E-state index contributed by atoms with van der Waals surface area (Å²) >= 11 is 0. The molecule has 0 aliphatic carbocycles. The smallest absolute Gasteiger partial charge is 0.126 e. The Hall–Kier alpha value is -1.19. The average Bonchev–Trinajstić information content (AvgIpc) is 2.55. The number of halogens is 1. The van der Waals surface area contributed by atoms with E-state index in [2.05, 4.69) is 36.8 Å². The van der Waals surface area contributed by atoms with Crippen molar-refractivity contribution in [1.29, 1.82) is 0 Å². The van der Waals surface area contributed by atoms with Gasteiger partial charge in [0.05, 0.1) is 0 Å². The summed E-state index contributed by atoms with van der Waals surface area (Å²) in [5, 5.41) is 0. The monoisotopic (exact) mass is 318 g/mol. The molecule has 23 heavy (non-hydrogen) atoms. The lowest BCUT2D eigenvalue weighted by Crippen LogP contribution is -2.39. The first-order valence-corrected chi connectivity index (χ1v) is 8.84. The van der Waals surface area contributed by atoms with Crippen LogP contribution in [-0.2, 0) is 6.42 Å². The maximum absolute atomic E-state index is 13.7. The molecule has 0 bridgehead atoms. The van der Waals surface area contributed by atoms with Crippen LogP contribution in [0.25, 0.3) is 0 Å². The largest absolute Gasteiger partial charge is 0.303 e. The molecular weight excluding hydrogens is 287 g/mol. The summed E-state index contributed by atoms with van der Waals surface area (Å²) in [4.78, 5) is 4.93. The van der Waals surface area contributed by atoms with Crippen molar-refractivity contribution < 1.29 is 4.39 Å². The fraction of sp³-hybridized carbons (Fsp3) is 0.600.